The summed E-state index contributed by atoms with van der Waals surface area (Å²) in [5.41, 5.74) is 0. The number of nitrogens with one attached hydrogen (secondary N) is 3. The van der Waals surface area contributed by atoms with Gasteiger partial charge in [-0.1, -0.05) is 109 Å². The molecule has 1 fully saturated rings. The maximum atomic E-state index is 15.2. The highest BCUT2D eigenvalue weighted by atomic mass is 16.3. The molecule has 23 nitrogen and oxygen atoms in total. The SMILES string of the molecule is C/C=C/C[C@@H](C)[C@@H](O)[C@H]1C(=O)N(C)[C@@H](CC)C(=O)N(C)CC(=O)N(C)[C@@H](CC(C)C)C(=O)N[C@@H](C(C)C)C(=O)N(C)[C@@H](CC(C)C)C(=O)N[C@@H](C)C(=O)N[C@H](C)C(=O)N(C)[C@@H](CC(C)C)C(=O)N(C)[C@@H](CC(C)C)C(=O)N(C)[C@@H](C(C)C)C(=O)N1C. The number of aliphatic hydroxyl groups excluding tert-OH is 1. The molecule has 1 rings (SSSR count). The minimum Gasteiger partial charge on any atom is -0.390 e. The third kappa shape index (κ3) is 21.0. The van der Waals surface area contributed by atoms with Crippen molar-refractivity contribution in [3.63, 3.8) is 0 Å². The summed E-state index contributed by atoms with van der Waals surface area (Å²) in [6, 6.07) is -12.3. The Labute approximate surface area is 515 Å². The van der Waals surface area contributed by atoms with E-state index in [4.69, 9.17) is 0 Å². The molecule has 0 aromatic carbocycles. The molecule has 0 saturated carbocycles. The standard InChI is InChI=1S/C63H113N11O12/c1-26-28-29-41(15)53(76)52-63(86)69(20)44(27-2)58(81)67(18)34-49(75)68(19)45(30-35(3)4)56(79)66-50(39(11)12)61(84)70(21)46(31-36(5)6)55(78)64-42(16)54(77)65-43(17)57(80)71(22)47(32-37(7)8)59(82)72(23)48(33-38(9)10)60(83)73(24)51(40(13)14)62(85)74(52)25/h26,28,35-48,50-53,76H,27,29-34H2,1-25H3,(H,64,78)(H,65,77)(H,66,79)/b28-26+/t41-,42+,43-,44+,45+,46+,47+,48+,50+,51+,52+,53-/m1/s1. The van der Waals surface area contributed by atoms with E-state index in [1.54, 1.807) is 47.6 Å². The van der Waals surface area contributed by atoms with E-state index in [1.165, 1.54) is 94.7 Å². The van der Waals surface area contributed by atoms with Crippen molar-refractivity contribution in [2.45, 2.75) is 223 Å². The van der Waals surface area contributed by atoms with Crippen molar-refractivity contribution >= 4 is 65.0 Å². The van der Waals surface area contributed by atoms with E-state index in [1.807, 2.05) is 68.4 Å². The van der Waals surface area contributed by atoms with E-state index in [-0.39, 0.29) is 55.8 Å². The summed E-state index contributed by atoms with van der Waals surface area (Å²) in [5, 5.41) is 20.5. The van der Waals surface area contributed by atoms with E-state index in [2.05, 4.69) is 16.0 Å². The number of amides is 11. The molecule has 1 aliphatic rings. The molecule has 4 N–H and O–H groups in total. The number of allylic oxidation sites excluding steroid dienone is 2. The van der Waals surface area contributed by atoms with Gasteiger partial charge in [0.05, 0.1) is 12.6 Å². The summed E-state index contributed by atoms with van der Waals surface area (Å²) in [5.74, 6) is -9.56. The molecule has 0 spiro atoms. The zero-order chi connectivity index (χ0) is 66.8. The van der Waals surface area contributed by atoms with Gasteiger partial charge in [0.15, 0.2) is 0 Å². The fourth-order valence-electron chi connectivity index (χ4n) is 11.0. The van der Waals surface area contributed by atoms with Crippen LogP contribution >= 0.6 is 0 Å². The van der Waals surface area contributed by atoms with Gasteiger partial charge >= 0.3 is 0 Å². The molecule has 0 radical (unpaired) electrons. The quantitative estimate of drug-likeness (QED) is 0.171. The molecule has 23 heteroatoms. The summed E-state index contributed by atoms with van der Waals surface area (Å²) in [6.07, 6.45) is 3.10. The molecule has 0 unspecified atom stereocenters. The Morgan fingerprint density at radius 3 is 1.27 bits per heavy atom. The van der Waals surface area contributed by atoms with Crippen LogP contribution in [-0.2, 0) is 52.7 Å². The second-order valence-corrected chi connectivity index (χ2v) is 26.5. The average Bonchev–Trinajstić information content (AvgIpc) is 1.46. The third-order valence-corrected chi connectivity index (χ3v) is 16.5. The number of hydrogen-bond donors (Lipinski definition) is 4. The van der Waals surface area contributed by atoms with Crippen molar-refractivity contribution in [2.75, 3.05) is 62.9 Å². The van der Waals surface area contributed by atoms with Crippen molar-refractivity contribution in [1.29, 1.82) is 0 Å². The number of aliphatic hydroxyl groups is 1. The number of nitrogens with zero attached hydrogens (tertiary/aromatic N) is 8. The van der Waals surface area contributed by atoms with Gasteiger partial charge in [-0.2, -0.15) is 0 Å². The molecule has 492 valence electrons. The van der Waals surface area contributed by atoms with E-state index in [0.717, 1.165) is 14.7 Å². The lowest BCUT2D eigenvalue weighted by Gasteiger charge is -2.42. The summed E-state index contributed by atoms with van der Waals surface area (Å²) in [7, 11) is 11.4. The van der Waals surface area contributed by atoms with Gasteiger partial charge in [-0.15, -0.1) is 0 Å². The van der Waals surface area contributed by atoms with E-state index >= 15 is 14.4 Å². The monoisotopic (exact) mass is 1220 g/mol. The van der Waals surface area contributed by atoms with Gasteiger partial charge in [-0.3, -0.25) is 52.7 Å². The minimum atomic E-state index is -1.60. The predicted octanol–water partition coefficient (Wildman–Crippen LogP) is 3.61. The maximum absolute atomic E-state index is 15.2. The fraction of sp³-hybridized carbons (Fsp3) is 0.794. The van der Waals surface area contributed by atoms with Crippen LogP contribution in [0.5, 0.6) is 0 Å². The largest absolute Gasteiger partial charge is 0.390 e. The number of rotatable bonds is 15. The number of carbonyl (C=O) groups is 11. The molecular weight excluding hydrogens is 1100 g/mol. The zero-order valence-electron chi connectivity index (χ0n) is 57.0. The Balaban J connectivity index is 4.38. The summed E-state index contributed by atoms with van der Waals surface area (Å²) < 4.78 is 0. The molecular formula is C63H113N11O12. The van der Waals surface area contributed by atoms with Gasteiger partial charge in [0, 0.05) is 56.4 Å². The van der Waals surface area contributed by atoms with E-state index in [0.29, 0.717) is 6.42 Å². The molecule has 0 aromatic heterocycles. The highest BCUT2D eigenvalue weighted by Gasteiger charge is 2.47. The topological polar surface area (TPSA) is 270 Å². The zero-order valence-corrected chi connectivity index (χ0v) is 57.0. The lowest BCUT2D eigenvalue weighted by Crippen LogP contribution is -2.63. The molecule has 1 aliphatic heterocycles. The van der Waals surface area contributed by atoms with Crippen molar-refractivity contribution < 1.29 is 57.8 Å². The Kier molecular flexibility index (Phi) is 31.7. The van der Waals surface area contributed by atoms with Crippen molar-refractivity contribution in [2.24, 2.45) is 41.4 Å². The first kappa shape index (κ1) is 77.9. The molecule has 11 amide bonds. The summed E-state index contributed by atoms with van der Waals surface area (Å²) >= 11 is 0. The molecule has 86 heavy (non-hydrogen) atoms. The first-order valence-electron chi connectivity index (χ1n) is 31.0. The smallest absolute Gasteiger partial charge is 0.248 e. The molecule has 1 heterocycles. The normalized spacial score (nSPS) is 26.9. The van der Waals surface area contributed by atoms with Crippen LogP contribution in [-0.4, -0.2) is 239 Å². The van der Waals surface area contributed by atoms with Crippen LogP contribution in [0.3, 0.4) is 0 Å². The van der Waals surface area contributed by atoms with Crippen LogP contribution in [0.25, 0.3) is 0 Å². The van der Waals surface area contributed by atoms with Crippen molar-refractivity contribution in [1.82, 2.24) is 55.1 Å². The lowest BCUT2D eigenvalue weighted by molar-refractivity contribution is -0.160. The predicted molar refractivity (Wildman–Crippen MR) is 333 cm³/mol. The van der Waals surface area contributed by atoms with Gasteiger partial charge in [0.2, 0.25) is 65.0 Å². The van der Waals surface area contributed by atoms with Crippen molar-refractivity contribution in [3.05, 3.63) is 12.2 Å². The van der Waals surface area contributed by atoms with Crippen LogP contribution < -0.4 is 16.0 Å². The fourth-order valence-corrected chi connectivity index (χ4v) is 11.0. The second-order valence-electron chi connectivity index (χ2n) is 26.5. The number of likely N-dealkylation sites (N-methyl/N-ethyl adjacent to an activating group) is 8. The first-order valence-corrected chi connectivity index (χ1v) is 31.0. The first-order chi connectivity index (χ1) is 39.6. The van der Waals surface area contributed by atoms with Crippen molar-refractivity contribution in [3.8, 4) is 0 Å². The molecule has 1 saturated heterocycles. The van der Waals surface area contributed by atoms with Crippen LogP contribution in [0.4, 0.5) is 0 Å². The van der Waals surface area contributed by atoms with Gasteiger partial charge < -0.3 is 60.3 Å². The number of carbonyl (C=O) groups excluding carboxylic acids is 11. The van der Waals surface area contributed by atoms with Gasteiger partial charge in [0.1, 0.15) is 60.4 Å². The molecule has 0 aromatic rings. The maximum Gasteiger partial charge on any atom is 0.248 e. The van der Waals surface area contributed by atoms with Crippen LogP contribution in [0, 0.1) is 41.4 Å². The third-order valence-electron chi connectivity index (χ3n) is 16.5. The molecule has 0 bridgehead atoms. The van der Waals surface area contributed by atoms with E-state index in [9.17, 15) is 43.5 Å². The number of hydrogen-bond acceptors (Lipinski definition) is 12. The Bertz CT molecular complexity index is 2360. The molecule has 0 aliphatic carbocycles. The summed E-state index contributed by atoms with van der Waals surface area (Å²) in [6.45, 7) is 29.4. The minimum absolute atomic E-state index is 0.0472. The second kappa shape index (κ2) is 35.0. The summed E-state index contributed by atoms with van der Waals surface area (Å²) in [4.78, 5) is 171. The van der Waals surface area contributed by atoms with E-state index < -0.39 is 156 Å². The Morgan fingerprint density at radius 1 is 0.442 bits per heavy atom. The average molecular weight is 1220 g/mol. The molecule has 12 atom stereocenters. The van der Waals surface area contributed by atoms with Crippen LogP contribution in [0.2, 0.25) is 0 Å². The Morgan fingerprint density at radius 2 is 0.826 bits per heavy atom. The van der Waals surface area contributed by atoms with Crippen LogP contribution in [0.1, 0.15) is 156 Å². The lowest BCUT2D eigenvalue weighted by atomic mass is 9.91. The van der Waals surface area contributed by atoms with Gasteiger partial charge in [-0.05, 0) is 101 Å². The van der Waals surface area contributed by atoms with Gasteiger partial charge in [-0.25, -0.2) is 0 Å². The van der Waals surface area contributed by atoms with Gasteiger partial charge in [0.25, 0.3) is 0 Å². The highest BCUT2D eigenvalue weighted by molar-refractivity contribution is 5.99. The Hall–Kier alpha value is -6.13. The van der Waals surface area contributed by atoms with Crippen LogP contribution in [0.15, 0.2) is 12.2 Å². The highest BCUT2D eigenvalue weighted by Crippen LogP contribution is 2.27.